The molecule has 0 fully saturated rings. The van der Waals surface area contributed by atoms with Crippen LogP contribution in [-0.2, 0) is 17.8 Å². The zero-order chi connectivity index (χ0) is 22.9. The Hall–Kier alpha value is -2.91. The Bertz CT molecular complexity index is 1280. The van der Waals surface area contributed by atoms with Gasteiger partial charge >= 0.3 is 0 Å². The molecule has 0 aliphatic carbocycles. The largest absolute Gasteiger partial charge is 0.461 e. The zero-order valence-electron chi connectivity index (χ0n) is 18.8. The number of furan rings is 1. The molecule has 7 nitrogen and oxygen atoms in total. The summed E-state index contributed by atoms with van der Waals surface area (Å²) in [7, 11) is 0. The number of fused-ring (bicyclic) bond motifs is 1. The van der Waals surface area contributed by atoms with Crippen LogP contribution >= 0.6 is 23.1 Å². The Labute approximate surface area is 200 Å². The van der Waals surface area contributed by atoms with Crippen molar-refractivity contribution in [3.05, 3.63) is 52.5 Å². The van der Waals surface area contributed by atoms with Gasteiger partial charge in [0.15, 0.2) is 16.7 Å². The molecule has 9 heteroatoms. The van der Waals surface area contributed by atoms with E-state index >= 15 is 0 Å². The number of aromatic nitrogens is 4. The van der Waals surface area contributed by atoms with E-state index in [2.05, 4.69) is 46.5 Å². The summed E-state index contributed by atoms with van der Waals surface area (Å²) in [4.78, 5) is 19.6. The van der Waals surface area contributed by atoms with Crippen LogP contribution in [0.1, 0.15) is 24.4 Å². The summed E-state index contributed by atoms with van der Waals surface area (Å²) in [6.07, 6.45) is 2.49. The lowest BCUT2D eigenvalue weighted by Crippen LogP contribution is -2.30. The van der Waals surface area contributed by atoms with E-state index in [1.165, 1.54) is 17.3 Å². The minimum absolute atomic E-state index is 0.0784. The first-order valence-electron chi connectivity index (χ1n) is 10.9. The molecular weight excluding hydrogens is 454 g/mol. The molecule has 0 spiro atoms. The van der Waals surface area contributed by atoms with Crippen molar-refractivity contribution >= 4 is 34.7 Å². The molecule has 33 heavy (non-hydrogen) atoms. The van der Waals surface area contributed by atoms with Gasteiger partial charge in [0, 0.05) is 29.7 Å². The molecule has 5 rings (SSSR count). The summed E-state index contributed by atoms with van der Waals surface area (Å²) in [5.74, 6) is 2.17. The predicted octanol–water partition coefficient (Wildman–Crippen LogP) is 5.31. The summed E-state index contributed by atoms with van der Waals surface area (Å²) in [6.45, 7) is 7.76. The number of carbonyl (C=O) groups is 1. The first kappa shape index (κ1) is 21.9. The van der Waals surface area contributed by atoms with Crippen molar-refractivity contribution in [1.29, 1.82) is 0 Å². The molecule has 1 aromatic carbocycles. The monoisotopic (exact) mass is 479 g/mol. The third-order valence-corrected chi connectivity index (χ3v) is 7.25. The smallest absolute Gasteiger partial charge is 0.237 e. The molecule has 0 saturated carbocycles. The van der Waals surface area contributed by atoms with E-state index in [4.69, 9.17) is 4.42 Å². The minimum Gasteiger partial charge on any atom is -0.461 e. The summed E-state index contributed by atoms with van der Waals surface area (Å²) >= 11 is 3.08. The number of benzene rings is 1. The highest BCUT2D eigenvalue weighted by Crippen LogP contribution is 2.34. The molecule has 170 valence electrons. The zero-order valence-corrected chi connectivity index (χ0v) is 20.4. The molecule has 0 N–H and O–H groups in total. The molecular formula is C24H25N5O2S2. The summed E-state index contributed by atoms with van der Waals surface area (Å²) < 4.78 is 7.58. The van der Waals surface area contributed by atoms with Crippen LogP contribution in [0.3, 0.4) is 0 Å². The Balaban J connectivity index is 1.31. The van der Waals surface area contributed by atoms with Crippen LogP contribution in [0.15, 0.2) is 51.5 Å². The molecule has 1 amide bonds. The van der Waals surface area contributed by atoms with Crippen molar-refractivity contribution < 1.29 is 9.21 Å². The Morgan fingerprint density at radius 1 is 1.27 bits per heavy atom. The maximum absolute atomic E-state index is 13.1. The fraction of sp³-hybridized carbons (Fsp3) is 0.333. The van der Waals surface area contributed by atoms with E-state index in [9.17, 15) is 4.79 Å². The summed E-state index contributed by atoms with van der Waals surface area (Å²) in [5.41, 5.74) is 4.29. The van der Waals surface area contributed by atoms with Crippen molar-refractivity contribution in [3.8, 4) is 22.8 Å². The number of rotatable bonds is 7. The molecule has 0 atom stereocenters. The van der Waals surface area contributed by atoms with Crippen LogP contribution in [0.2, 0.25) is 0 Å². The van der Waals surface area contributed by atoms with Crippen LogP contribution in [-0.4, -0.2) is 38.0 Å². The third-order valence-electron chi connectivity index (χ3n) is 5.52. The average Bonchev–Trinajstić information content (AvgIpc) is 3.58. The highest BCUT2D eigenvalue weighted by molar-refractivity contribution is 7.99. The number of carbonyl (C=O) groups excluding carboxylic acids is 1. The number of anilines is 1. The van der Waals surface area contributed by atoms with Gasteiger partial charge < -0.3 is 9.32 Å². The van der Waals surface area contributed by atoms with Gasteiger partial charge in [-0.3, -0.25) is 9.36 Å². The molecule has 4 heterocycles. The predicted molar refractivity (Wildman–Crippen MR) is 132 cm³/mol. The molecule has 4 aromatic rings. The highest BCUT2D eigenvalue weighted by Gasteiger charge is 2.26. The van der Waals surface area contributed by atoms with E-state index in [1.54, 1.807) is 17.6 Å². The lowest BCUT2D eigenvalue weighted by molar-refractivity contribution is -0.116. The van der Waals surface area contributed by atoms with Gasteiger partial charge in [-0.05, 0) is 49.1 Å². The normalized spacial score (nSPS) is 13.2. The Kier molecular flexibility index (Phi) is 6.07. The maximum Gasteiger partial charge on any atom is 0.237 e. The lowest BCUT2D eigenvalue weighted by atomic mass is 10.1. The van der Waals surface area contributed by atoms with Gasteiger partial charge in [0.05, 0.1) is 22.7 Å². The van der Waals surface area contributed by atoms with Crippen molar-refractivity contribution in [1.82, 2.24) is 19.7 Å². The Morgan fingerprint density at radius 2 is 2.15 bits per heavy atom. The van der Waals surface area contributed by atoms with E-state index < -0.39 is 0 Å². The third kappa shape index (κ3) is 4.47. The van der Waals surface area contributed by atoms with Gasteiger partial charge in [0.25, 0.3) is 0 Å². The molecule has 0 unspecified atom stereocenters. The minimum atomic E-state index is 0.0784. The van der Waals surface area contributed by atoms with Crippen LogP contribution in [0.4, 0.5) is 5.69 Å². The summed E-state index contributed by atoms with van der Waals surface area (Å²) in [5, 5.41) is 12.6. The number of aryl methyl sites for hydroxylation is 1. The number of amides is 1. The maximum atomic E-state index is 13.1. The van der Waals surface area contributed by atoms with Crippen LogP contribution in [0.25, 0.3) is 22.8 Å². The van der Waals surface area contributed by atoms with Gasteiger partial charge in [0.1, 0.15) is 0 Å². The van der Waals surface area contributed by atoms with Crippen molar-refractivity contribution in [2.24, 2.45) is 5.92 Å². The van der Waals surface area contributed by atoms with Gasteiger partial charge in [-0.15, -0.1) is 21.5 Å². The second-order valence-electron chi connectivity index (χ2n) is 8.47. The van der Waals surface area contributed by atoms with E-state index in [1.807, 2.05) is 34.6 Å². The van der Waals surface area contributed by atoms with E-state index in [-0.39, 0.29) is 5.91 Å². The Morgan fingerprint density at radius 3 is 2.88 bits per heavy atom. The number of thioether (sulfide) groups is 1. The molecule has 1 aliphatic rings. The quantitative estimate of drug-likeness (QED) is 0.335. The van der Waals surface area contributed by atoms with Gasteiger partial charge in [-0.25, -0.2) is 4.98 Å². The van der Waals surface area contributed by atoms with Crippen molar-refractivity contribution in [3.63, 3.8) is 0 Å². The second kappa shape index (κ2) is 9.15. The first-order valence-corrected chi connectivity index (χ1v) is 12.8. The summed E-state index contributed by atoms with van der Waals surface area (Å²) in [6, 6.07) is 9.99. The van der Waals surface area contributed by atoms with Gasteiger partial charge in [0.2, 0.25) is 5.91 Å². The van der Waals surface area contributed by atoms with Crippen molar-refractivity contribution in [2.45, 2.75) is 38.9 Å². The van der Waals surface area contributed by atoms with Gasteiger partial charge in [-0.2, -0.15) is 0 Å². The average molecular weight is 480 g/mol. The number of nitrogens with zero attached hydrogens (tertiary/aromatic N) is 5. The molecule has 0 radical (unpaired) electrons. The topological polar surface area (TPSA) is 77.1 Å². The molecule has 3 aromatic heterocycles. The number of hydrogen-bond acceptors (Lipinski definition) is 7. The SMILES string of the molecule is Cc1nc(-c2ccc3c(c2)CCN3C(=O)CSc2nnc(-c3ccco3)n2CC(C)C)cs1. The number of hydrogen-bond donors (Lipinski definition) is 0. The molecule has 0 bridgehead atoms. The van der Waals surface area contributed by atoms with Crippen LogP contribution in [0.5, 0.6) is 0 Å². The van der Waals surface area contributed by atoms with E-state index in [0.717, 1.165) is 40.1 Å². The van der Waals surface area contributed by atoms with Crippen LogP contribution < -0.4 is 4.90 Å². The van der Waals surface area contributed by atoms with Crippen LogP contribution in [0, 0.1) is 12.8 Å². The molecule has 1 aliphatic heterocycles. The fourth-order valence-corrected chi connectivity index (χ4v) is 5.48. The number of thiazole rings is 1. The van der Waals surface area contributed by atoms with Crippen molar-refractivity contribution in [2.75, 3.05) is 17.2 Å². The lowest BCUT2D eigenvalue weighted by Gasteiger charge is -2.17. The fourth-order valence-electron chi connectivity index (χ4n) is 4.03. The molecule has 0 saturated heterocycles. The van der Waals surface area contributed by atoms with Gasteiger partial charge in [-0.1, -0.05) is 31.7 Å². The highest BCUT2D eigenvalue weighted by atomic mass is 32.2. The first-order chi connectivity index (χ1) is 16.0. The standard InChI is InChI=1S/C24H25N5O2S2/c1-15(2)12-29-23(21-5-4-10-31-21)26-27-24(29)33-14-22(30)28-9-8-18-11-17(6-7-20(18)28)19-13-32-16(3)25-19/h4-7,10-11,13,15H,8-9,12,14H2,1-3H3. The second-order valence-corrected chi connectivity index (χ2v) is 10.5. The van der Waals surface area contributed by atoms with E-state index in [0.29, 0.717) is 29.8 Å².